The molecular formula is C28H43O3P. The topological polar surface area (TPSA) is 38.7 Å². The van der Waals surface area contributed by atoms with Crippen LogP contribution in [0.25, 0.3) is 0 Å². The maximum Gasteiger partial charge on any atom is 0.460 e. The van der Waals surface area contributed by atoms with Crippen LogP contribution in [0.1, 0.15) is 105 Å². The van der Waals surface area contributed by atoms with Gasteiger partial charge in [0.25, 0.3) is 0 Å². The Morgan fingerprint density at radius 2 is 0.688 bits per heavy atom. The van der Waals surface area contributed by atoms with E-state index in [2.05, 4.69) is 95.2 Å². The molecule has 4 heteroatoms. The van der Waals surface area contributed by atoms with Crippen molar-refractivity contribution in [2.24, 2.45) is 0 Å². The minimum atomic E-state index is -2.13. The summed E-state index contributed by atoms with van der Waals surface area (Å²) in [5, 5.41) is 0. The highest BCUT2D eigenvalue weighted by Crippen LogP contribution is 2.42. The van der Waals surface area contributed by atoms with E-state index in [0.29, 0.717) is 11.5 Å². The van der Waals surface area contributed by atoms with E-state index in [4.69, 9.17) is 9.05 Å². The van der Waals surface area contributed by atoms with E-state index < -0.39 is 8.60 Å². The van der Waals surface area contributed by atoms with Gasteiger partial charge in [0.15, 0.2) is 0 Å². The average molecular weight is 459 g/mol. The molecule has 0 radical (unpaired) electrons. The molecule has 2 aromatic rings. The Kier molecular flexibility index (Phi) is 7.50. The summed E-state index contributed by atoms with van der Waals surface area (Å²) in [6.07, 6.45) is 0. The number of benzene rings is 2. The third-order valence-electron chi connectivity index (χ3n) is 5.64. The molecule has 0 fully saturated rings. The Morgan fingerprint density at radius 3 is 0.875 bits per heavy atom. The fraction of sp³-hybridized carbons (Fsp3) is 0.571. The largest absolute Gasteiger partial charge is 0.460 e. The van der Waals surface area contributed by atoms with Crippen molar-refractivity contribution in [3.8, 4) is 11.5 Å². The number of hydrogen-bond donors (Lipinski definition) is 1. The quantitative estimate of drug-likeness (QED) is 0.466. The third-order valence-corrected chi connectivity index (χ3v) is 6.38. The lowest BCUT2D eigenvalue weighted by Crippen LogP contribution is -2.17. The van der Waals surface area contributed by atoms with Crippen molar-refractivity contribution in [3.05, 3.63) is 58.7 Å². The van der Waals surface area contributed by atoms with Crippen molar-refractivity contribution in [2.45, 2.75) is 105 Å². The van der Waals surface area contributed by atoms with E-state index in [1.807, 2.05) is 24.3 Å². The molecule has 1 N–H and O–H groups in total. The lowest BCUT2D eigenvalue weighted by molar-refractivity contribution is 0.379. The Balaban J connectivity index is 2.38. The van der Waals surface area contributed by atoms with E-state index in [-0.39, 0.29) is 21.7 Å². The van der Waals surface area contributed by atoms with E-state index in [0.717, 1.165) is 0 Å². The molecule has 32 heavy (non-hydrogen) atoms. The van der Waals surface area contributed by atoms with Gasteiger partial charge in [0.2, 0.25) is 0 Å². The first-order valence-electron chi connectivity index (χ1n) is 11.4. The Bertz CT molecular complexity index is 793. The second kappa shape index (κ2) is 8.99. The molecule has 0 bridgehead atoms. The summed E-state index contributed by atoms with van der Waals surface area (Å²) in [5.41, 5.74) is 4.59. The summed E-state index contributed by atoms with van der Waals surface area (Å²) in [7, 11) is -2.13. The van der Waals surface area contributed by atoms with Gasteiger partial charge < -0.3 is 13.9 Å². The van der Waals surface area contributed by atoms with Gasteiger partial charge in [-0.25, -0.2) is 0 Å². The second-order valence-corrected chi connectivity index (χ2v) is 13.8. The van der Waals surface area contributed by atoms with Crippen LogP contribution < -0.4 is 9.05 Å². The summed E-state index contributed by atoms with van der Waals surface area (Å²) in [6.45, 7) is 26.2. The van der Waals surface area contributed by atoms with Crippen molar-refractivity contribution in [2.75, 3.05) is 0 Å². The Morgan fingerprint density at radius 1 is 0.469 bits per heavy atom. The van der Waals surface area contributed by atoms with Gasteiger partial charge in [-0.3, -0.25) is 0 Å². The van der Waals surface area contributed by atoms with E-state index in [1.54, 1.807) is 0 Å². The zero-order chi connectivity index (χ0) is 24.7. The Labute approximate surface area is 197 Å². The minimum Gasteiger partial charge on any atom is -0.418 e. The lowest BCUT2D eigenvalue weighted by atomic mass is 9.80. The molecule has 0 aliphatic rings. The van der Waals surface area contributed by atoms with Crippen LogP contribution in [0.2, 0.25) is 0 Å². The van der Waals surface area contributed by atoms with Crippen LogP contribution in [-0.4, -0.2) is 4.89 Å². The predicted octanol–water partition coefficient (Wildman–Crippen LogP) is 8.55. The highest BCUT2D eigenvalue weighted by atomic mass is 31.2. The molecule has 0 amide bonds. The van der Waals surface area contributed by atoms with Crippen molar-refractivity contribution >= 4 is 8.60 Å². The van der Waals surface area contributed by atoms with Gasteiger partial charge in [-0.1, -0.05) is 95.2 Å². The van der Waals surface area contributed by atoms with Crippen LogP contribution in [-0.2, 0) is 21.7 Å². The summed E-state index contributed by atoms with van der Waals surface area (Å²) in [5.74, 6) is 1.28. The molecule has 0 unspecified atom stereocenters. The fourth-order valence-electron chi connectivity index (χ4n) is 3.23. The van der Waals surface area contributed by atoms with Crippen molar-refractivity contribution in [1.82, 2.24) is 0 Å². The van der Waals surface area contributed by atoms with Crippen LogP contribution in [0.5, 0.6) is 11.5 Å². The predicted molar refractivity (Wildman–Crippen MR) is 138 cm³/mol. The maximum atomic E-state index is 10.8. The first-order valence-corrected chi connectivity index (χ1v) is 12.6. The van der Waals surface area contributed by atoms with Crippen LogP contribution in [0, 0.1) is 0 Å². The fourth-order valence-corrected chi connectivity index (χ4v) is 3.84. The molecule has 0 aromatic heterocycles. The van der Waals surface area contributed by atoms with Crippen molar-refractivity contribution in [1.29, 1.82) is 0 Å². The number of hydrogen-bond acceptors (Lipinski definition) is 3. The molecule has 2 aromatic carbocycles. The average Bonchev–Trinajstić information content (AvgIpc) is 2.58. The molecule has 0 aliphatic heterocycles. The van der Waals surface area contributed by atoms with Gasteiger partial charge in [-0.05, 0) is 68.2 Å². The van der Waals surface area contributed by atoms with E-state index in [1.165, 1.54) is 22.3 Å². The standard InChI is InChI=1S/C28H43O3P/c1-25(2,3)19-13-20(26(4,5)6)16-23(15-19)30-32(29)31-24-17-21(27(7,8)9)14-22(18-24)28(10,11)12/h13-18,29H,1-12H3. The zero-order valence-electron chi connectivity index (χ0n) is 22.2. The summed E-state index contributed by atoms with van der Waals surface area (Å²) in [4.78, 5) is 10.8. The summed E-state index contributed by atoms with van der Waals surface area (Å²) in [6, 6.07) is 12.5. The van der Waals surface area contributed by atoms with Gasteiger partial charge in [-0.15, -0.1) is 0 Å². The van der Waals surface area contributed by atoms with Gasteiger partial charge in [0.1, 0.15) is 11.5 Å². The summed E-state index contributed by atoms with van der Waals surface area (Å²) >= 11 is 0. The molecule has 178 valence electrons. The normalized spacial score (nSPS) is 13.4. The van der Waals surface area contributed by atoms with E-state index in [9.17, 15) is 4.89 Å². The van der Waals surface area contributed by atoms with Gasteiger partial charge in [0.05, 0.1) is 0 Å². The Hall–Kier alpha value is -1.57. The minimum absolute atomic E-state index is 0.0267. The second-order valence-electron chi connectivity index (χ2n) is 12.9. The molecule has 2 rings (SSSR count). The SMILES string of the molecule is CC(C)(C)c1cc(OP(O)Oc2cc(C(C)(C)C)cc(C(C)(C)C)c2)cc(C(C)(C)C)c1. The monoisotopic (exact) mass is 458 g/mol. The molecule has 0 saturated carbocycles. The van der Waals surface area contributed by atoms with Crippen molar-refractivity contribution < 1.29 is 13.9 Å². The van der Waals surface area contributed by atoms with Crippen molar-refractivity contribution in [3.63, 3.8) is 0 Å². The molecule has 0 aliphatic carbocycles. The number of rotatable bonds is 4. The third kappa shape index (κ3) is 7.22. The molecule has 3 nitrogen and oxygen atoms in total. The van der Waals surface area contributed by atoms with E-state index >= 15 is 0 Å². The summed E-state index contributed by atoms with van der Waals surface area (Å²) < 4.78 is 11.9. The first-order chi connectivity index (χ1) is 14.3. The molecule has 0 spiro atoms. The smallest absolute Gasteiger partial charge is 0.418 e. The molecule has 0 atom stereocenters. The lowest BCUT2D eigenvalue weighted by Gasteiger charge is -2.27. The highest BCUT2D eigenvalue weighted by molar-refractivity contribution is 7.41. The molecule has 0 saturated heterocycles. The highest BCUT2D eigenvalue weighted by Gasteiger charge is 2.24. The van der Waals surface area contributed by atoms with Gasteiger partial charge >= 0.3 is 8.60 Å². The van der Waals surface area contributed by atoms with Crippen LogP contribution in [0.4, 0.5) is 0 Å². The zero-order valence-corrected chi connectivity index (χ0v) is 23.1. The molecule has 0 heterocycles. The maximum absolute atomic E-state index is 10.8. The molecular weight excluding hydrogens is 415 g/mol. The van der Waals surface area contributed by atoms with Crippen LogP contribution >= 0.6 is 8.60 Å². The first kappa shape index (κ1) is 26.7. The van der Waals surface area contributed by atoms with Crippen LogP contribution in [0.15, 0.2) is 36.4 Å². The van der Waals surface area contributed by atoms with Crippen LogP contribution in [0.3, 0.4) is 0 Å². The van der Waals surface area contributed by atoms with Gasteiger partial charge in [-0.2, -0.15) is 0 Å². The van der Waals surface area contributed by atoms with Gasteiger partial charge in [0, 0.05) is 0 Å².